The summed E-state index contributed by atoms with van der Waals surface area (Å²) in [7, 11) is 1.65. The number of nitrogens with zero attached hydrogens (tertiary/aromatic N) is 2. The van der Waals surface area contributed by atoms with Gasteiger partial charge in [0.15, 0.2) is 0 Å². The lowest BCUT2D eigenvalue weighted by atomic mass is 10.0. The predicted molar refractivity (Wildman–Crippen MR) is 89.0 cm³/mol. The van der Waals surface area contributed by atoms with Crippen molar-refractivity contribution < 1.29 is 4.74 Å². The second-order valence-corrected chi connectivity index (χ2v) is 5.78. The molecule has 3 aromatic rings. The molecule has 0 bridgehead atoms. The summed E-state index contributed by atoms with van der Waals surface area (Å²) < 4.78 is 5.19. The fraction of sp³-hybridized carbons (Fsp3) is 0.111. The lowest BCUT2D eigenvalue weighted by Gasteiger charge is -2.09. The van der Waals surface area contributed by atoms with Crippen molar-refractivity contribution in [1.82, 2.24) is 4.98 Å². The number of pyridine rings is 1. The molecule has 0 atom stereocenters. The summed E-state index contributed by atoms with van der Waals surface area (Å²) in [5, 5.41) is 11.4. The van der Waals surface area contributed by atoms with E-state index in [1.54, 1.807) is 18.4 Å². The molecule has 2 heterocycles. The van der Waals surface area contributed by atoms with Crippen molar-refractivity contribution in [2.24, 2.45) is 0 Å². The molecule has 4 heteroatoms. The standard InChI is InChI=1S/C18H14N2OS/c1-12-16(11-19)15(18-4-3-9-22-18)10-17(20-12)13-5-7-14(21-2)8-6-13/h3-10H,1-2H3. The number of aromatic nitrogens is 1. The van der Waals surface area contributed by atoms with Gasteiger partial charge in [-0.05, 0) is 48.7 Å². The molecule has 0 aliphatic carbocycles. The van der Waals surface area contributed by atoms with Crippen LogP contribution in [-0.4, -0.2) is 12.1 Å². The summed E-state index contributed by atoms with van der Waals surface area (Å²) >= 11 is 1.63. The Morgan fingerprint density at radius 2 is 1.95 bits per heavy atom. The zero-order valence-corrected chi connectivity index (χ0v) is 13.1. The number of rotatable bonds is 3. The molecule has 2 aromatic heterocycles. The number of hydrogen-bond donors (Lipinski definition) is 0. The van der Waals surface area contributed by atoms with Crippen molar-refractivity contribution in [2.75, 3.05) is 7.11 Å². The summed E-state index contributed by atoms with van der Waals surface area (Å²) in [4.78, 5) is 5.66. The Hall–Kier alpha value is -2.64. The Morgan fingerprint density at radius 3 is 2.55 bits per heavy atom. The van der Waals surface area contributed by atoms with Crippen LogP contribution >= 0.6 is 11.3 Å². The maximum Gasteiger partial charge on any atom is 0.118 e. The van der Waals surface area contributed by atoms with Gasteiger partial charge in [-0.1, -0.05) is 6.07 Å². The van der Waals surface area contributed by atoms with Gasteiger partial charge in [-0.25, -0.2) is 0 Å². The van der Waals surface area contributed by atoms with Crippen LogP contribution in [0.25, 0.3) is 21.7 Å². The molecule has 0 fully saturated rings. The third-order valence-corrected chi connectivity index (χ3v) is 4.39. The molecule has 0 spiro atoms. The number of nitriles is 1. The Labute approximate surface area is 133 Å². The SMILES string of the molecule is COc1ccc(-c2cc(-c3cccs3)c(C#N)c(C)n2)cc1. The molecule has 0 amide bonds. The summed E-state index contributed by atoms with van der Waals surface area (Å²) in [6, 6.07) is 16.1. The van der Waals surface area contributed by atoms with Gasteiger partial charge in [0, 0.05) is 16.0 Å². The molecular weight excluding hydrogens is 292 g/mol. The first kappa shape index (κ1) is 14.3. The van der Waals surface area contributed by atoms with Crippen molar-refractivity contribution in [2.45, 2.75) is 6.92 Å². The number of aryl methyl sites for hydroxylation is 1. The van der Waals surface area contributed by atoms with Crippen molar-refractivity contribution in [3.63, 3.8) is 0 Å². The fourth-order valence-electron chi connectivity index (χ4n) is 2.35. The highest BCUT2D eigenvalue weighted by Crippen LogP contribution is 2.32. The molecule has 0 radical (unpaired) electrons. The number of ether oxygens (including phenoxy) is 1. The highest BCUT2D eigenvalue weighted by atomic mass is 32.1. The maximum absolute atomic E-state index is 9.43. The molecule has 0 unspecified atom stereocenters. The van der Waals surface area contributed by atoms with Gasteiger partial charge < -0.3 is 4.74 Å². The van der Waals surface area contributed by atoms with Crippen LogP contribution in [0, 0.1) is 18.3 Å². The zero-order valence-electron chi connectivity index (χ0n) is 12.3. The average molecular weight is 306 g/mol. The molecular formula is C18H14N2OS. The lowest BCUT2D eigenvalue weighted by molar-refractivity contribution is 0.415. The number of thiophene rings is 1. The minimum Gasteiger partial charge on any atom is -0.497 e. The smallest absolute Gasteiger partial charge is 0.118 e. The van der Waals surface area contributed by atoms with Gasteiger partial charge in [-0.15, -0.1) is 11.3 Å². The number of methoxy groups -OCH3 is 1. The first-order valence-electron chi connectivity index (χ1n) is 6.83. The van der Waals surface area contributed by atoms with E-state index < -0.39 is 0 Å². The van der Waals surface area contributed by atoms with E-state index in [9.17, 15) is 5.26 Å². The molecule has 108 valence electrons. The largest absolute Gasteiger partial charge is 0.497 e. The second-order valence-electron chi connectivity index (χ2n) is 4.83. The highest BCUT2D eigenvalue weighted by Gasteiger charge is 2.13. The molecule has 0 N–H and O–H groups in total. The van der Waals surface area contributed by atoms with Crippen LogP contribution < -0.4 is 4.74 Å². The fourth-order valence-corrected chi connectivity index (χ4v) is 3.10. The Kier molecular flexibility index (Phi) is 3.90. The van der Waals surface area contributed by atoms with E-state index in [0.717, 1.165) is 33.1 Å². The molecule has 3 nitrogen and oxygen atoms in total. The third-order valence-electron chi connectivity index (χ3n) is 3.48. The summed E-state index contributed by atoms with van der Waals surface area (Å²) in [5.41, 5.74) is 4.20. The van der Waals surface area contributed by atoms with Crippen molar-refractivity contribution >= 4 is 11.3 Å². The van der Waals surface area contributed by atoms with Crippen LogP contribution in [-0.2, 0) is 0 Å². The predicted octanol–water partition coefficient (Wildman–Crippen LogP) is 4.67. The van der Waals surface area contributed by atoms with E-state index >= 15 is 0 Å². The number of hydrogen-bond acceptors (Lipinski definition) is 4. The molecule has 0 aliphatic heterocycles. The van der Waals surface area contributed by atoms with E-state index in [1.807, 2.05) is 54.8 Å². The van der Waals surface area contributed by atoms with Crippen molar-refractivity contribution in [1.29, 1.82) is 5.26 Å². The van der Waals surface area contributed by atoms with Crippen molar-refractivity contribution in [3.05, 3.63) is 59.1 Å². The van der Waals surface area contributed by atoms with Gasteiger partial charge in [-0.2, -0.15) is 5.26 Å². The summed E-state index contributed by atoms with van der Waals surface area (Å²) in [6.45, 7) is 1.88. The summed E-state index contributed by atoms with van der Waals surface area (Å²) in [5.74, 6) is 0.813. The molecule has 22 heavy (non-hydrogen) atoms. The van der Waals surface area contributed by atoms with Gasteiger partial charge in [-0.3, -0.25) is 4.98 Å². The normalized spacial score (nSPS) is 10.2. The van der Waals surface area contributed by atoms with Crippen LogP contribution in [0.2, 0.25) is 0 Å². The summed E-state index contributed by atoms with van der Waals surface area (Å²) in [6.07, 6.45) is 0. The first-order chi connectivity index (χ1) is 10.7. The quantitative estimate of drug-likeness (QED) is 0.706. The molecule has 0 saturated heterocycles. The third kappa shape index (κ3) is 2.59. The monoisotopic (exact) mass is 306 g/mol. The minimum absolute atomic E-state index is 0.639. The van der Waals surface area contributed by atoms with E-state index in [4.69, 9.17) is 4.74 Å². The van der Waals surface area contributed by atoms with Gasteiger partial charge >= 0.3 is 0 Å². The number of benzene rings is 1. The Balaban J connectivity index is 2.15. The zero-order chi connectivity index (χ0) is 15.5. The minimum atomic E-state index is 0.639. The van der Waals surface area contributed by atoms with Gasteiger partial charge in [0.05, 0.1) is 24.1 Å². The van der Waals surface area contributed by atoms with Crippen LogP contribution in [0.5, 0.6) is 5.75 Å². The van der Waals surface area contributed by atoms with Crippen LogP contribution in [0.4, 0.5) is 0 Å². The van der Waals surface area contributed by atoms with Gasteiger partial charge in [0.1, 0.15) is 11.8 Å². The van der Waals surface area contributed by atoms with Crippen LogP contribution in [0.15, 0.2) is 47.8 Å². The molecule has 1 aromatic carbocycles. The first-order valence-corrected chi connectivity index (χ1v) is 7.71. The molecule has 0 saturated carbocycles. The van der Waals surface area contributed by atoms with Crippen molar-refractivity contribution in [3.8, 4) is 33.5 Å². The van der Waals surface area contributed by atoms with E-state index in [2.05, 4.69) is 11.1 Å². The molecule has 0 aliphatic rings. The van der Waals surface area contributed by atoms with E-state index in [-0.39, 0.29) is 0 Å². The lowest BCUT2D eigenvalue weighted by Crippen LogP contribution is -1.95. The second kappa shape index (κ2) is 6.00. The van der Waals surface area contributed by atoms with Gasteiger partial charge in [0.25, 0.3) is 0 Å². The average Bonchev–Trinajstić information content (AvgIpc) is 3.08. The maximum atomic E-state index is 9.43. The van der Waals surface area contributed by atoms with E-state index in [0.29, 0.717) is 5.56 Å². The Morgan fingerprint density at radius 1 is 1.18 bits per heavy atom. The van der Waals surface area contributed by atoms with Crippen LogP contribution in [0.1, 0.15) is 11.3 Å². The van der Waals surface area contributed by atoms with E-state index in [1.165, 1.54) is 0 Å². The molecule has 3 rings (SSSR count). The highest BCUT2D eigenvalue weighted by molar-refractivity contribution is 7.13. The van der Waals surface area contributed by atoms with Gasteiger partial charge in [0.2, 0.25) is 0 Å². The van der Waals surface area contributed by atoms with Crippen LogP contribution in [0.3, 0.4) is 0 Å². The Bertz CT molecular complexity index is 831. The topological polar surface area (TPSA) is 45.9 Å².